The van der Waals surface area contributed by atoms with E-state index in [2.05, 4.69) is 34.3 Å². The molecule has 0 fully saturated rings. The first kappa shape index (κ1) is 13.3. The van der Waals surface area contributed by atoms with E-state index in [0.29, 0.717) is 17.4 Å². The number of carbonyl (C=O) groups is 1. The molecule has 0 unspecified atom stereocenters. The number of amides is 1. The molecule has 21 heavy (non-hydrogen) atoms. The second-order valence-corrected chi connectivity index (χ2v) is 5.21. The van der Waals surface area contributed by atoms with Crippen LogP contribution in [0.1, 0.15) is 35.9 Å². The van der Waals surface area contributed by atoms with Crippen LogP contribution >= 0.6 is 0 Å². The number of carbonyl (C=O) groups excluding carboxylic acids is 1. The van der Waals surface area contributed by atoms with Gasteiger partial charge in [0, 0.05) is 17.1 Å². The van der Waals surface area contributed by atoms with Gasteiger partial charge in [0.05, 0.1) is 5.52 Å². The van der Waals surface area contributed by atoms with Crippen LogP contribution in [0.15, 0.2) is 42.5 Å². The van der Waals surface area contributed by atoms with Crippen LogP contribution in [0.5, 0.6) is 0 Å². The van der Waals surface area contributed by atoms with Crippen LogP contribution in [0.4, 0.5) is 5.82 Å². The lowest BCUT2D eigenvalue weighted by atomic mass is 10.1. The van der Waals surface area contributed by atoms with Gasteiger partial charge in [-0.2, -0.15) is 5.10 Å². The molecule has 0 saturated carbocycles. The zero-order chi connectivity index (χ0) is 14.8. The van der Waals surface area contributed by atoms with Gasteiger partial charge in [-0.15, -0.1) is 0 Å². The third kappa shape index (κ3) is 2.76. The fraction of sp³-hybridized carbons (Fsp3) is 0.188. The molecular formula is C16H16N4O. The van der Waals surface area contributed by atoms with E-state index in [9.17, 15) is 4.79 Å². The molecule has 1 amide bonds. The topological polar surface area (TPSA) is 70.7 Å². The number of pyridine rings is 1. The number of H-pyrrole nitrogens is 1. The number of anilines is 1. The standard InChI is InChI=1S/C16H16N4O/c1-10(2)14-9-15(20-19-14)18-16(21)13-8-7-11-5-3-4-6-12(11)17-13/h3-10H,1-2H3,(H2,18,19,20,21). The summed E-state index contributed by atoms with van der Waals surface area (Å²) in [5.74, 6) is 0.586. The predicted octanol–water partition coefficient (Wildman–Crippen LogP) is 3.33. The molecule has 0 radical (unpaired) electrons. The molecule has 0 atom stereocenters. The highest BCUT2D eigenvalue weighted by atomic mass is 16.1. The Morgan fingerprint density at radius 2 is 2.00 bits per heavy atom. The number of benzene rings is 1. The first-order valence-corrected chi connectivity index (χ1v) is 6.86. The van der Waals surface area contributed by atoms with Gasteiger partial charge < -0.3 is 5.32 Å². The van der Waals surface area contributed by atoms with Gasteiger partial charge >= 0.3 is 0 Å². The van der Waals surface area contributed by atoms with Gasteiger partial charge in [-0.25, -0.2) is 4.98 Å². The van der Waals surface area contributed by atoms with Crippen molar-refractivity contribution in [2.24, 2.45) is 0 Å². The third-order valence-electron chi connectivity index (χ3n) is 3.29. The molecule has 0 aliphatic heterocycles. The summed E-state index contributed by atoms with van der Waals surface area (Å²) >= 11 is 0. The minimum Gasteiger partial charge on any atom is -0.304 e. The predicted molar refractivity (Wildman–Crippen MR) is 82.4 cm³/mol. The van der Waals surface area contributed by atoms with Gasteiger partial charge in [0.2, 0.25) is 0 Å². The maximum Gasteiger partial charge on any atom is 0.275 e. The number of aromatic amines is 1. The van der Waals surface area contributed by atoms with E-state index in [1.807, 2.05) is 36.4 Å². The van der Waals surface area contributed by atoms with Gasteiger partial charge in [-0.1, -0.05) is 38.1 Å². The van der Waals surface area contributed by atoms with Crippen molar-refractivity contribution in [3.8, 4) is 0 Å². The molecule has 0 spiro atoms. The van der Waals surface area contributed by atoms with Crippen LogP contribution in [0.3, 0.4) is 0 Å². The van der Waals surface area contributed by atoms with Crippen molar-refractivity contribution in [2.75, 3.05) is 5.32 Å². The summed E-state index contributed by atoms with van der Waals surface area (Å²) in [5.41, 5.74) is 2.16. The van der Waals surface area contributed by atoms with Crippen molar-refractivity contribution in [2.45, 2.75) is 19.8 Å². The van der Waals surface area contributed by atoms with Gasteiger partial charge in [-0.05, 0) is 18.1 Å². The molecule has 2 N–H and O–H groups in total. The Hall–Kier alpha value is -2.69. The summed E-state index contributed by atoms with van der Waals surface area (Å²) in [6, 6.07) is 13.1. The lowest BCUT2D eigenvalue weighted by Gasteiger charge is -2.03. The van der Waals surface area contributed by atoms with Crippen LogP contribution in [-0.2, 0) is 0 Å². The number of hydrogen-bond donors (Lipinski definition) is 2. The molecule has 3 aromatic rings. The van der Waals surface area contributed by atoms with Crippen LogP contribution in [0.25, 0.3) is 10.9 Å². The Morgan fingerprint density at radius 1 is 1.19 bits per heavy atom. The lowest BCUT2D eigenvalue weighted by Crippen LogP contribution is -2.13. The number of nitrogens with one attached hydrogen (secondary N) is 2. The fourth-order valence-corrected chi connectivity index (χ4v) is 2.07. The molecule has 2 aromatic heterocycles. The molecule has 0 saturated heterocycles. The van der Waals surface area contributed by atoms with E-state index in [0.717, 1.165) is 16.6 Å². The third-order valence-corrected chi connectivity index (χ3v) is 3.29. The van der Waals surface area contributed by atoms with Crippen molar-refractivity contribution in [3.63, 3.8) is 0 Å². The number of nitrogens with zero attached hydrogens (tertiary/aromatic N) is 2. The number of fused-ring (bicyclic) bond motifs is 1. The molecule has 0 aliphatic rings. The monoisotopic (exact) mass is 280 g/mol. The van der Waals surface area contributed by atoms with Crippen molar-refractivity contribution in [1.29, 1.82) is 0 Å². The molecule has 5 heteroatoms. The quantitative estimate of drug-likeness (QED) is 0.773. The number of para-hydroxylation sites is 1. The Kier molecular flexibility index (Phi) is 3.39. The molecule has 3 rings (SSSR count). The minimum absolute atomic E-state index is 0.262. The Balaban J connectivity index is 1.82. The minimum atomic E-state index is -0.262. The first-order chi connectivity index (χ1) is 10.1. The van der Waals surface area contributed by atoms with Crippen LogP contribution in [0, 0.1) is 0 Å². The Bertz CT molecular complexity index is 792. The fourth-order valence-electron chi connectivity index (χ4n) is 2.07. The van der Waals surface area contributed by atoms with Gasteiger partial charge in [-0.3, -0.25) is 9.89 Å². The molecule has 5 nitrogen and oxygen atoms in total. The summed E-state index contributed by atoms with van der Waals surface area (Å²) < 4.78 is 0. The smallest absolute Gasteiger partial charge is 0.275 e. The molecule has 1 aromatic carbocycles. The van der Waals surface area contributed by atoms with Gasteiger partial charge in [0.1, 0.15) is 5.69 Å². The second kappa shape index (κ2) is 5.36. The van der Waals surface area contributed by atoms with Crippen LogP contribution in [0.2, 0.25) is 0 Å². The zero-order valence-corrected chi connectivity index (χ0v) is 11.9. The van der Waals surface area contributed by atoms with Crippen molar-refractivity contribution in [1.82, 2.24) is 15.2 Å². The maximum atomic E-state index is 12.2. The molecule has 0 aliphatic carbocycles. The summed E-state index contributed by atoms with van der Waals surface area (Å²) in [4.78, 5) is 16.6. The van der Waals surface area contributed by atoms with Gasteiger partial charge in [0.25, 0.3) is 5.91 Å². The molecule has 106 valence electrons. The van der Waals surface area contributed by atoms with Crippen LogP contribution < -0.4 is 5.32 Å². The largest absolute Gasteiger partial charge is 0.304 e. The van der Waals surface area contributed by atoms with Gasteiger partial charge in [0.15, 0.2) is 5.82 Å². The molecule has 0 bridgehead atoms. The maximum absolute atomic E-state index is 12.2. The van der Waals surface area contributed by atoms with E-state index in [4.69, 9.17) is 0 Å². The highest BCUT2D eigenvalue weighted by Crippen LogP contribution is 2.16. The Labute approximate surface area is 122 Å². The van der Waals surface area contributed by atoms with Crippen molar-refractivity contribution in [3.05, 3.63) is 53.9 Å². The van der Waals surface area contributed by atoms with Crippen molar-refractivity contribution >= 4 is 22.6 Å². The average molecular weight is 280 g/mol. The number of aromatic nitrogens is 3. The number of hydrogen-bond acceptors (Lipinski definition) is 3. The zero-order valence-electron chi connectivity index (χ0n) is 11.9. The van der Waals surface area contributed by atoms with E-state index in [1.165, 1.54) is 0 Å². The summed E-state index contributed by atoms with van der Waals surface area (Å²) in [7, 11) is 0. The van der Waals surface area contributed by atoms with E-state index >= 15 is 0 Å². The molecule has 2 heterocycles. The van der Waals surface area contributed by atoms with E-state index in [-0.39, 0.29) is 5.91 Å². The Morgan fingerprint density at radius 3 is 2.76 bits per heavy atom. The van der Waals surface area contributed by atoms with E-state index in [1.54, 1.807) is 6.07 Å². The normalized spacial score (nSPS) is 11.0. The van der Waals surface area contributed by atoms with Crippen molar-refractivity contribution < 1.29 is 4.79 Å². The second-order valence-electron chi connectivity index (χ2n) is 5.21. The average Bonchev–Trinajstić information content (AvgIpc) is 2.95. The lowest BCUT2D eigenvalue weighted by molar-refractivity contribution is 0.102. The highest BCUT2D eigenvalue weighted by Gasteiger charge is 2.11. The molecular weight excluding hydrogens is 264 g/mol. The van der Waals surface area contributed by atoms with E-state index < -0.39 is 0 Å². The highest BCUT2D eigenvalue weighted by molar-refractivity contribution is 6.03. The SMILES string of the molecule is CC(C)c1cc(NC(=O)c2ccc3ccccc3n2)n[nH]1. The number of rotatable bonds is 3. The van der Waals surface area contributed by atoms with Crippen LogP contribution in [-0.4, -0.2) is 21.1 Å². The summed E-state index contributed by atoms with van der Waals surface area (Å²) in [5, 5.41) is 10.8. The summed E-state index contributed by atoms with van der Waals surface area (Å²) in [6.07, 6.45) is 0. The first-order valence-electron chi connectivity index (χ1n) is 6.86. The summed E-state index contributed by atoms with van der Waals surface area (Å²) in [6.45, 7) is 4.12.